The average molecular weight is 282 g/mol. The zero-order chi connectivity index (χ0) is 14.9. The first-order valence-corrected chi connectivity index (χ1v) is 6.42. The number of carbonyl (C=O) groups is 1. The summed E-state index contributed by atoms with van der Waals surface area (Å²) in [5.74, 6) is 0.0140. The van der Waals surface area contributed by atoms with Crippen LogP contribution in [0.25, 0.3) is 0 Å². The minimum atomic E-state index is -0.776. The van der Waals surface area contributed by atoms with E-state index in [0.29, 0.717) is 29.9 Å². The average Bonchev–Trinajstić information content (AvgIpc) is 3.17. The molecule has 0 heterocycles. The molecule has 1 aromatic carbocycles. The van der Waals surface area contributed by atoms with Gasteiger partial charge in [0.2, 0.25) is 5.91 Å². The summed E-state index contributed by atoms with van der Waals surface area (Å²) in [6, 6.07) is 2.27. The first-order valence-electron chi connectivity index (χ1n) is 6.42. The Kier molecular flexibility index (Phi) is 3.85. The number of halogens is 1. The summed E-state index contributed by atoms with van der Waals surface area (Å²) in [6.07, 6.45) is 1.33. The zero-order valence-corrected chi connectivity index (χ0v) is 11.8. The summed E-state index contributed by atoms with van der Waals surface area (Å²) >= 11 is 0. The maximum absolute atomic E-state index is 14.0. The summed E-state index contributed by atoms with van der Waals surface area (Å²) in [7, 11) is 2.91. The van der Waals surface area contributed by atoms with Gasteiger partial charge in [0.15, 0.2) is 11.5 Å². The van der Waals surface area contributed by atoms with Crippen LogP contribution in [-0.2, 0) is 4.79 Å². The van der Waals surface area contributed by atoms with Gasteiger partial charge in [-0.3, -0.25) is 4.79 Å². The second kappa shape index (κ2) is 5.28. The van der Waals surface area contributed by atoms with E-state index in [9.17, 15) is 9.18 Å². The Hall–Kier alpha value is -1.82. The molecule has 0 aromatic heterocycles. The van der Waals surface area contributed by atoms with Crippen LogP contribution in [0.5, 0.6) is 11.5 Å². The van der Waals surface area contributed by atoms with E-state index in [-0.39, 0.29) is 5.91 Å². The maximum Gasteiger partial charge on any atom is 0.240 e. The molecule has 1 atom stereocenters. The van der Waals surface area contributed by atoms with Crippen molar-refractivity contribution in [3.8, 4) is 11.5 Å². The number of hydrogen-bond donors (Lipinski definition) is 2. The molecule has 0 aliphatic heterocycles. The van der Waals surface area contributed by atoms with E-state index < -0.39 is 17.4 Å². The number of ether oxygens (including phenoxy) is 2. The second-order valence-corrected chi connectivity index (χ2v) is 5.08. The molecule has 0 saturated heterocycles. The summed E-state index contributed by atoms with van der Waals surface area (Å²) in [5.41, 5.74) is 5.36. The number of nitrogens with two attached hydrogens (primary N) is 1. The fourth-order valence-electron chi connectivity index (χ4n) is 1.98. The van der Waals surface area contributed by atoms with E-state index in [4.69, 9.17) is 15.2 Å². The Morgan fingerprint density at radius 3 is 2.40 bits per heavy atom. The lowest BCUT2D eigenvalue weighted by Gasteiger charge is -2.19. The fraction of sp³-hybridized carbons (Fsp3) is 0.500. The van der Waals surface area contributed by atoms with E-state index in [2.05, 4.69) is 5.32 Å². The van der Waals surface area contributed by atoms with Gasteiger partial charge in [-0.15, -0.1) is 0 Å². The maximum atomic E-state index is 14.0. The van der Waals surface area contributed by atoms with Gasteiger partial charge in [0.05, 0.1) is 25.8 Å². The van der Waals surface area contributed by atoms with Crippen LogP contribution in [0, 0.1) is 5.82 Å². The smallest absolute Gasteiger partial charge is 0.240 e. The Balaban J connectivity index is 2.20. The summed E-state index contributed by atoms with van der Waals surface area (Å²) in [5, 5.41) is 2.73. The molecule has 1 aromatic rings. The van der Waals surface area contributed by atoms with E-state index in [1.54, 1.807) is 6.92 Å². The molecule has 5 nitrogen and oxygen atoms in total. The number of hydrogen-bond acceptors (Lipinski definition) is 4. The molecule has 0 radical (unpaired) electrons. The molecule has 0 bridgehead atoms. The number of nitrogens with one attached hydrogen (secondary N) is 1. The van der Waals surface area contributed by atoms with Crippen molar-refractivity contribution in [2.75, 3.05) is 14.2 Å². The van der Waals surface area contributed by atoms with E-state index >= 15 is 0 Å². The third kappa shape index (κ3) is 2.70. The van der Waals surface area contributed by atoms with Crippen molar-refractivity contribution in [2.45, 2.75) is 31.3 Å². The highest BCUT2D eigenvalue weighted by atomic mass is 19.1. The normalized spacial score (nSPS) is 17.2. The third-order valence-corrected chi connectivity index (χ3v) is 3.56. The van der Waals surface area contributed by atoms with Gasteiger partial charge in [0.25, 0.3) is 0 Å². The summed E-state index contributed by atoms with van der Waals surface area (Å²) < 4.78 is 24.2. The number of methoxy groups -OCH3 is 2. The molecule has 2 rings (SSSR count). The van der Waals surface area contributed by atoms with Gasteiger partial charge in [-0.25, -0.2) is 4.39 Å². The third-order valence-electron chi connectivity index (χ3n) is 3.56. The van der Waals surface area contributed by atoms with Crippen LogP contribution in [0.2, 0.25) is 0 Å². The molecule has 1 fully saturated rings. The van der Waals surface area contributed by atoms with Crippen LogP contribution in [0.4, 0.5) is 4.39 Å². The molecular formula is C14H19FN2O3. The second-order valence-electron chi connectivity index (χ2n) is 5.08. The largest absolute Gasteiger partial charge is 0.493 e. The molecule has 3 N–H and O–H groups in total. The molecular weight excluding hydrogens is 263 g/mol. The SMILES string of the molecule is COc1cc(F)c(C(C)NC(=O)C2(N)CC2)cc1OC. The molecule has 6 heteroatoms. The lowest BCUT2D eigenvalue weighted by atomic mass is 10.1. The van der Waals surface area contributed by atoms with Crippen molar-refractivity contribution in [3.63, 3.8) is 0 Å². The number of benzene rings is 1. The molecule has 0 spiro atoms. The Bertz CT molecular complexity index is 529. The first-order chi connectivity index (χ1) is 9.41. The predicted molar refractivity (Wildman–Crippen MR) is 72.2 cm³/mol. The van der Waals surface area contributed by atoms with Gasteiger partial charge < -0.3 is 20.5 Å². The van der Waals surface area contributed by atoms with Crippen molar-refractivity contribution >= 4 is 5.91 Å². The molecule has 1 aliphatic carbocycles. The van der Waals surface area contributed by atoms with Crippen LogP contribution >= 0.6 is 0 Å². The highest BCUT2D eigenvalue weighted by Crippen LogP contribution is 2.35. The Morgan fingerprint density at radius 2 is 1.90 bits per heavy atom. The van der Waals surface area contributed by atoms with E-state index in [1.807, 2.05) is 0 Å². The molecule has 20 heavy (non-hydrogen) atoms. The lowest BCUT2D eigenvalue weighted by Crippen LogP contribution is -2.43. The molecule has 1 amide bonds. The van der Waals surface area contributed by atoms with Gasteiger partial charge in [-0.05, 0) is 25.8 Å². The van der Waals surface area contributed by atoms with Crippen LogP contribution < -0.4 is 20.5 Å². The summed E-state index contributed by atoms with van der Waals surface area (Å²) in [6.45, 7) is 1.70. The van der Waals surface area contributed by atoms with Crippen LogP contribution in [0.15, 0.2) is 12.1 Å². The monoisotopic (exact) mass is 282 g/mol. The van der Waals surface area contributed by atoms with Gasteiger partial charge in [0.1, 0.15) is 5.82 Å². The van der Waals surface area contributed by atoms with Crippen molar-refractivity contribution < 1.29 is 18.7 Å². The minimum Gasteiger partial charge on any atom is -0.493 e. The van der Waals surface area contributed by atoms with Crippen LogP contribution in [-0.4, -0.2) is 25.7 Å². The molecule has 110 valence electrons. The molecule has 1 saturated carbocycles. The van der Waals surface area contributed by atoms with E-state index in [0.717, 1.165) is 0 Å². The Morgan fingerprint density at radius 1 is 1.35 bits per heavy atom. The number of rotatable bonds is 5. The first kappa shape index (κ1) is 14.6. The van der Waals surface area contributed by atoms with Crippen LogP contribution in [0.1, 0.15) is 31.4 Å². The van der Waals surface area contributed by atoms with Crippen molar-refractivity contribution in [1.82, 2.24) is 5.32 Å². The van der Waals surface area contributed by atoms with Crippen molar-refractivity contribution in [3.05, 3.63) is 23.5 Å². The fourth-order valence-corrected chi connectivity index (χ4v) is 1.98. The number of carbonyl (C=O) groups excluding carboxylic acids is 1. The van der Waals surface area contributed by atoms with Gasteiger partial charge >= 0.3 is 0 Å². The van der Waals surface area contributed by atoms with Gasteiger partial charge in [0, 0.05) is 11.6 Å². The van der Waals surface area contributed by atoms with E-state index in [1.165, 1.54) is 26.4 Å². The predicted octanol–water partition coefficient (Wildman–Crippen LogP) is 1.51. The van der Waals surface area contributed by atoms with Crippen molar-refractivity contribution in [2.24, 2.45) is 5.73 Å². The molecule has 1 aliphatic rings. The zero-order valence-electron chi connectivity index (χ0n) is 11.8. The minimum absolute atomic E-state index is 0.251. The topological polar surface area (TPSA) is 73.6 Å². The lowest BCUT2D eigenvalue weighted by molar-refractivity contribution is -0.123. The number of amides is 1. The Labute approximate surface area is 117 Å². The van der Waals surface area contributed by atoms with Gasteiger partial charge in [-0.2, -0.15) is 0 Å². The van der Waals surface area contributed by atoms with Gasteiger partial charge in [-0.1, -0.05) is 0 Å². The van der Waals surface area contributed by atoms with Crippen LogP contribution in [0.3, 0.4) is 0 Å². The standard InChI is InChI=1S/C14H19FN2O3/c1-8(17-13(18)14(16)4-5-14)9-6-11(19-2)12(20-3)7-10(9)15/h6-8H,4-5,16H2,1-3H3,(H,17,18). The molecule has 1 unspecified atom stereocenters. The highest BCUT2D eigenvalue weighted by Gasteiger charge is 2.46. The highest BCUT2D eigenvalue weighted by molar-refractivity contribution is 5.89. The summed E-state index contributed by atoms with van der Waals surface area (Å²) in [4.78, 5) is 11.9. The van der Waals surface area contributed by atoms with Crippen molar-refractivity contribution in [1.29, 1.82) is 0 Å². The quantitative estimate of drug-likeness (QED) is 0.858.